The number of rotatable bonds is 5. The van der Waals surface area contributed by atoms with E-state index < -0.39 is 0 Å². The number of hydrogen-bond acceptors (Lipinski definition) is 2. The summed E-state index contributed by atoms with van der Waals surface area (Å²) in [5, 5.41) is 0. The molecule has 0 atom stereocenters. The van der Waals surface area contributed by atoms with E-state index in [1.165, 1.54) is 5.56 Å². The lowest BCUT2D eigenvalue weighted by atomic mass is 10.1. The summed E-state index contributed by atoms with van der Waals surface area (Å²) in [7, 11) is 0. The second-order valence-electron chi connectivity index (χ2n) is 4.51. The number of ether oxygens (including phenoxy) is 1. The topological polar surface area (TPSA) is 35.2 Å². The molecule has 0 spiro atoms. The second-order valence-corrected chi connectivity index (χ2v) is 4.51. The Balaban J connectivity index is 2.16. The maximum Gasteiger partial charge on any atom is 0.124 e. The molecule has 2 N–H and O–H groups in total. The van der Waals surface area contributed by atoms with Crippen LogP contribution in [0.4, 0.5) is 0 Å². The first-order chi connectivity index (χ1) is 9.24. The van der Waals surface area contributed by atoms with Gasteiger partial charge in [0.15, 0.2) is 0 Å². The lowest BCUT2D eigenvalue weighted by Crippen LogP contribution is -2.04. The molecule has 0 aliphatic rings. The summed E-state index contributed by atoms with van der Waals surface area (Å²) in [5.74, 6) is 0.854. The first kappa shape index (κ1) is 13.4. The summed E-state index contributed by atoms with van der Waals surface area (Å²) >= 11 is 0. The van der Waals surface area contributed by atoms with Crippen LogP contribution in [0.2, 0.25) is 0 Å². The lowest BCUT2D eigenvalue weighted by molar-refractivity contribution is 0.302. The molecule has 19 heavy (non-hydrogen) atoms. The quantitative estimate of drug-likeness (QED) is 0.882. The van der Waals surface area contributed by atoms with Gasteiger partial charge in [-0.15, -0.1) is 0 Å². The Morgan fingerprint density at radius 3 is 2.68 bits per heavy atom. The van der Waals surface area contributed by atoms with E-state index in [2.05, 4.69) is 19.6 Å². The van der Waals surface area contributed by atoms with Gasteiger partial charge in [0.25, 0.3) is 0 Å². The minimum atomic E-state index is 0.486. The first-order valence-corrected chi connectivity index (χ1v) is 6.37. The zero-order valence-corrected chi connectivity index (χ0v) is 11.2. The standard InChI is InChI=1S/C17H19NO/c1-3-14-6-4-5-7-15(14)12-19-17-9-8-13(2)10-16(17)11-18/h3-10H,1,11-12,18H2,2H3. The van der Waals surface area contributed by atoms with Crippen LogP contribution in [0.5, 0.6) is 5.75 Å². The Hall–Kier alpha value is -2.06. The van der Waals surface area contributed by atoms with Gasteiger partial charge in [0.05, 0.1) is 0 Å². The zero-order valence-electron chi connectivity index (χ0n) is 11.2. The highest BCUT2D eigenvalue weighted by atomic mass is 16.5. The molecule has 2 heteroatoms. The van der Waals surface area contributed by atoms with Crippen molar-refractivity contribution in [1.29, 1.82) is 0 Å². The van der Waals surface area contributed by atoms with Crippen molar-refractivity contribution < 1.29 is 4.74 Å². The van der Waals surface area contributed by atoms with Crippen LogP contribution < -0.4 is 10.5 Å². The van der Waals surface area contributed by atoms with Gasteiger partial charge in [-0.2, -0.15) is 0 Å². The maximum atomic E-state index is 5.88. The average Bonchev–Trinajstić information content (AvgIpc) is 2.46. The van der Waals surface area contributed by atoms with Crippen molar-refractivity contribution in [2.45, 2.75) is 20.1 Å². The number of aryl methyl sites for hydroxylation is 1. The minimum absolute atomic E-state index is 0.486. The third kappa shape index (κ3) is 3.24. The van der Waals surface area contributed by atoms with Crippen LogP contribution in [0.25, 0.3) is 6.08 Å². The molecule has 0 unspecified atom stereocenters. The normalized spacial score (nSPS) is 10.2. The highest BCUT2D eigenvalue weighted by Crippen LogP contribution is 2.21. The molecule has 0 aliphatic heterocycles. The first-order valence-electron chi connectivity index (χ1n) is 6.37. The molecule has 2 nitrogen and oxygen atoms in total. The third-order valence-corrected chi connectivity index (χ3v) is 3.09. The van der Waals surface area contributed by atoms with Gasteiger partial charge >= 0.3 is 0 Å². The maximum absolute atomic E-state index is 5.88. The summed E-state index contributed by atoms with van der Waals surface area (Å²) < 4.78 is 5.88. The van der Waals surface area contributed by atoms with E-state index in [4.69, 9.17) is 10.5 Å². The molecular formula is C17H19NO. The van der Waals surface area contributed by atoms with Gasteiger partial charge < -0.3 is 10.5 Å². The van der Waals surface area contributed by atoms with Crippen LogP contribution in [-0.2, 0) is 13.2 Å². The molecular weight excluding hydrogens is 234 g/mol. The zero-order chi connectivity index (χ0) is 13.7. The Labute approximate surface area is 114 Å². The molecule has 0 aromatic heterocycles. The van der Waals surface area contributed by atoms with E-state index in [0.717, 1.165) is 22.4 Å². The largest absolute Gasteiger partial charge is 0.489 e. The van der Waals surface area contributed by atoms with Crippen molar-refractivity contribution in [3.05, 3.63) is 71.3 Å². The van der Waals surface area contributed by atoms with Gasteiger partial charge in [0.1, 0.15) is 12.4 Å². The summed E-state index contributed by atoms with van der Waals surface area (Å²) in [4.78, 5) is 0. The highest BCUT2D eigenvalue weighted by Gasteiger charge is 2.04. The van der Waals surface area contributed by atoms with Crippen LogP contribution in [-0.4, -0.2) is 0 Å². The molecule has 0 saturated heterocycles. The number of nitrogens with two attached hydrogens (primary N) is 1. The van der Waals surface area contributed by atoms with Gasteiger partial charge in [-0.3, -0.25) is 0 Å². The van der Waals surface area contributed by atoms with Crippen LogP contribution >= 0.6 is 0 Å². The molecule has 98 valence electrons. The van der Waals surface area contributed by atoms with Crippen molar-refractivity contribution in [2.24, 2.45) is 5.73 Å². The summed E-state index contributed by atoms with van der Waals surface area (Å²) in [5.41, 5.74) is 10.2. The minimum Gasteiger partial charge on any atom is -0.489 e. The predicted octanol–water partition coefficient (Wildman–Crippen LogP) is 3.68. The molecule has 2 rings (SSSR count). The van der Waals surface area contributed by atoms with E-state index >= 15 is 0 Å². The fourth-order valence-electron chi connectivity index (χ4n) is 2.03. The Kier molecular flexibility index (Phi) is 4.37. The summed E-state index contributed by atoms with van der Waals surface area (Å²) in [6.45, 7) is 6.88. The van der Waals surface area contributed by atoms with Crippen molar-refractivity contribution in [3.8, 4) is 5.75 Å². The van der Waals surface area contributed by atoms with E-state index in [-0.39, 0.29) is 0 Å². The van der Waals surface area contributed by atoms with E-state index in [0.29, 0.717) is 13.2 Å². The molecule has 0 radical (unpaired) electrons. The van der Waals surface area contributed by atoms with E-state index in [9.17, 15) is 0 Å². The van der Waals surface area contributed by atoms with Gasteiger partial charge in [-0.05, 0) is 24.1 Å². The fraction of sp³-hybridized carbons (Fsp3) is 0.176. The molecule has 0 fully saturated rings. The monoisotopic (exact) mass is 253 g/mol. The molecule has 0 amide bonds. The third-order valence-electron chi connectivity index (χ3n) is 3.09. The molecule has 2 aromatic rings. The van der Waals surface area contributed by atoms with Crippen molar-refractivity contribution in [3.63, 3.8) is 0 Å². The Bertz CT molecular complexity index is 575. The number of benzene rings is 2. The molecule has 0 aliphatic carbocycles. The van der Waals surface area contributed by atoms with Crippen molar-refractivity contribution in [2.75, 3.05) is 0 Å². The van der Waals surface area contributed by atoms with Crippen molar-refractivity contribution in [1.82, 2.24) is 0 Å². The average molecular weight is 253 g/mol. The summed E-state index contributed by atoms with van der Waals surface area (Å²) in [6, 6.07) is 14.2. The second kappa shape index (κ2) is 6.21. The Morgan fingerprint density at radius 1 is 1.16 bits per heavy atom. The van der Waals surface area contributed by atoms with Gasteiger partial charge in [-0.1, -0.05) is 54.6 Å². The molecule has 2 aromatic carbocycles. The van der Waals surface area contributed by atoms with E-state index in [1.54, 1.807) is 0 Å². The van der Waals surface area contributed by atoms with E-state index in [1.807, 2.05) is 42.5 Å². The van der Waals surface area contributed by atoms with Crippen LogP contribution in [0, 0.1) is 6.92 Å². The predicted molar refractivity (Wildman–Crippen MR) is 79.9 cm³/mol. The highest BCUT2D eigenvalue weighted by molar-refractivity contribution is 5.51. The van der Waals surface area contributed by atoms with Crippen molar-refractivity contribution >= 4 is 6.08 Å². The smallest absolute Gasteiger partial charge is 0.124 e. The van der Waals surface area contributed by atoms with Gasteiger partial charge in [0, 0.05) is 12.1 Å². The fourth-order valence-corrected chi connectivity index (χ4v) is 2.03. The van der Waals surface area contributed by atoms with Gasteiger partial charge in [-0.25, -0.2) is 0 Å². The molecule has 0 heterocycles. The van der Waals surface area contributed by atoms with Crippen LogP contribution in [0.15, 0.2) is 49.0 Å². The SMILES string of the molecule is C=Cc1ccccc1COc1ccc(C)cc1CN. The van der Waals surface area contributed by atoms with Crippen LogP contribution in [0.3, 0.4) is 0 Å². The Morgan fingerprint density at radius 2 is 1.95 bits per heavy atom. The molecule has 0 bridgehead atoms. The van der Waals surface area contributed by atoms with Gasteiger partial charge in [0.2, 0.25) is 0 Å². The molecule has 0 saturated carbocycles. The lowest BCUT2D eigenvalue weighted by Gasteiger charge is -2.12. The summed E-state index contributed by atoms with van der Waals surface area (Å²) in [6.07, 6.45) is 1.84. The number of hydrogen-bond donors (Lipinski definition) is 1. The van der Waals surface area contributed by atoms with Crippen LogP contribution in [0.1, 0.15) is 22.3 Å².